The van der Waals surface area contributed by atoms with Gasteiger partial charge in [0.05, 0.1) is 38.7 Å². The highest BCUT2D eigenvalue weighted by atomic mass is 35.5. The number of hydrogen-bond donors (Lipinski definition) is 1. The minimum absolute atomic E-state index is 0.0358. The van der Waals surface area contributed by atoms with E-state index >= 15 is 8.78 Å². The van der Waals surface area contributed by atoms with E-state index in [2.05, 4.69) is 17.6 Å². The van der Waals surface area contributed by atoms with Crippen molar-refractivity contribution in [1.29, 1.82) is 5.26 Å². The van der Waals surface area contributed by atoms with Crippen LogP contribution in [0.15, 0.2) is 41.4 Å². The summed E-state index contributed by atoms with van der Waals surface area (Å²) in [6, 6.07) is 2.43. The highest BCUT2D eigenvalue weighted by Crippen LogP contribution is 2.45. The zero-order valence-corrected chi connectivity index (χ0v) is 29.3. The van der Waals surface area contributed by atoms with E-state index in [4.69, 9.17) is 34.8 Å². The van der Waals surface area contributed by atoms with Crippen molar-refractivity contribution in [3.05, 3.63) is 79.2 Å². The molecule has 4 heterocycles. The lowest BCUT2D eigenvalue weighted by molar-refractivity contribution is -0.130. The third-order valence-corrected chi connectivity index (χ3v) is 9.99. The smallest absolute Gasteiger partial charge is 0.276 e. The molecule has 2 aromatic heterocycles. The molecule has 0 aliphatic carbocycles. The van der Waals surface area contributed by atoms with E-state index < -0.39 is 44.2 Å². The fourth-order valence-electron chi connectivity index (χ4n) is 6.90. The van der Waals surface area contributed by atoms with Gasteiger partial charge in [0.15, 0.2) is 17.4 Å². The molecule has 1 N–H and O–H groups in total. The third kappa shape index (κ3) is 5.50. The van der Waals surface area contributed by atoms with Crippen LogP contribution in [0.2, 0.25) is 15.1 Å². The van der Waals surface area contributed by atoms with Crippen LogP contribution >= 0.6 is 34.8 Å². The van der Waals surface area contributed by atoms with Crippen molar-refractivity contribution in [3.63, 3.8) is 0 Å². The van der Waals surface area contributed by atoms with Crippen molar-refractivity contribution in [3.8, 4) is 23.1 Å². The summed E-state index contributed by atoms with van der Waals surface area (Å²) in [7, 11) is 1.85. The first kappa shape index (κ1) is 35.2. The third-order valence-electron chi connectivity index (χ3n) is 8.88. The Morgan fingerprint density at radius 1 is 1.17 bits per heavy atom. The van der Waals surface area contributed by atoms with Gasteiger partial charge in [-0.3, -0.25) is 14.2 Å². The average molecular weight is 718 g/mol. The molecule has 0 spiro atoms. The number of piperazine rings is 1. The molecule has 252 valence electrons. The van der Waals surface area contributed by atoms with Gasteiger partial charge in [0, 0.05) is 37.6 Å². The van der Waals surface area contributed by atoms with Gasteiger partial charge in [-0.1, -0.05) is 55.2 Å². The first-order chi connectivity index (χ1) is 22.6. The molecule has 3 atom stereocenters. The Bertz CT molecular complexity index is 2010. The molecule has 5 rings (SSSR count). The zero-order valence-electron chi connectivity index (χ0n) is 27.1. The van der Waals surface area contributed by atoms with Gasteiger partial charge in [0.25, 0.3) is 5.56 Å². The second-order valence-electron chi connectivity index (χ2n) is 12.4. The van der Waals surface area contributed by atoms with Gasteiger partial charge in [-0.05, 0) is 56.7 Å². The molecule has 1 saturated heterocycles. The quantitative estimate of drug-likeness (QED) is 0.169. The number of amides is 1. The van der Waals surface area contributed by atoms with Crippen LogP contribution in [0.1, 0.15) is 40.2 Å². The fourth-order valence-corrected chi connectivity index (χ4v) is 7.49. The maximum absolute atomic E-state index is 15.6. The van der Waals surface area contributed by atoms with E-state index in [-0.39, 0.29) is 70.3 Å². The van der Waals surface area contributed by atoms with Gasteiger partial charge in [-0.2, -0.15) is 5.26 Å². The summed E-state index contributed by atoms with van der Waals surface area (Å²) >= 11 is 18.6. The van der Waals surface area contributed by atoms with Gasteiger partial charge in [0.1, 0.15) is 22.3 Å². The zero-order chi connectivity index (χ0) is 35.5. The second kappa shape index (κ2) is 13.1. The lowest BCUT2D eigenvalue weighted by Gasteiger charge is -2.45. The summed E-state index contributed by atoms with van der Waals surface area (Å²) in [5.74, 6) is -4.14. The van der Waals surface area contributed by atoms with Crippen LogP contribution in [0.5, 0.6) is 5.75 Å². The molecule has 0 radical (unpaired) electrons. The van der Waals surface area contributed by atoms with E-state index in [1.807, 2.05) is 63.7 Å². The number of phenolic OH excluding ortho intramolecular Hbond substituents is 1. The van der Waals surface area contributed by atoms with Gasteiger partial charge >= 0.3 is 0 Å². The van der Waals surface area contributed by atoms with E-state index in [9.17, 15) is 20.0 Å². The molecule has 2 aliphatic heterocycles. The summed E-state index contributed by atoms with van der Waals surface area (Å²) in [5.41, 5.74) is -0.790. The number of carbonyl (C=O) groups is 1. The maximum Gasteiger partial charge on any atom is 0.276 e. The van der Waals surface area contributed by atoms with Crippen LogP contribution in [0.3, 0.4) is 0 Å². The molecule has 3 aromatic rings. The number of anilines is 1. The SMILES string of the molecule is C=CC(=O)N1[C@H](C)CN(c2c(C#N)c(=O)n(C3=C(C)C=CN(C)[C@@H]3C(C)C)c3nc(-c4c(F)c(O)c(Cl)c(Cl)c4F)c(Cl)cc23)C[C@@H]1C. The molecular weight excluding hydrogens is 685 g/mol. The van der Waals surface area contributed by atoms with Crippen LogP contribution in [0, 0.1) is 28.9 Å². The number of allylic oxidation sites excluding steroid dienone is 2. The number of fused-ring (bicyclic) bond motifs is 1. The molecule has 1 aromatic carbocycles. The first-order valence-electron chi connectivity index (χ1n) is 15.1. The monoisotopic (exact) mass is 716 g/mol. The number of hydrogen-bond acceptors (Lipinski definition) is 7. The van der Waals surface area contributed by atoms with Crippen LogP contribution in [0.25, 0.3) is 28.0 Å². The molecule has 1 amide bonds. The van der Waals surface area contributed by atoms with Gasteiger partial charge < -0.3 is 19.8 Å². The molecule has 48 heavy (non-hydrogen) atoms. The predicted octanol–water partition coefficient (Wildman–Crippen LogP) is 7.21. The van der Waals surface area contributed by atoms with Crippen molar-refractivity contribution < 1.29 is 18.7 Å². The fraction of sp³-hybridized carbons (Fsp3) is 0.353. The summed E-state index contributed by atoms with van der Waals surface area (Å²) in [4.78, 5) is 37.4. The van der Waals surface area contributed by atoms with Crippen molar-refractivity contribution in [2.45, 2.75) is 52.7 Å². The number of nitrogens with zero attached hydrogens (tertiary/aromatic N) is 6. The van der Waals surface area contributed by atoms with Crippen molar-refractivity contribution in [2.24, 2.45) is 5.92 Å². The van der Waals surface area contributed by atoms with Crippen LogP contribution < -0.4 is 10.5 Å². The Balaban J connectivity index is 1.94. The number of carbonyl (C=O) groups excluding carboxylic acids is 1. The number of halogens is 5. The summed E-state index contributed by atoms with van der Waals surface area (Å²) in [6.45, 7) is 13.5. The summed E-state index contributed by atoms with van der Waals surface area (Å²) < 4.78 is 32.5. The lowest BCUT2D eigenvalue weighted by atomic mass is 9.93. The Kier molecular flexibility index (Phi) is 9.58. The Labute approximate surface area is 291 Å². The molecule has 2 aliphatic rings. The van der Waals surface area contributed by atoms with Crippen molar-refractivity contribution >= 4 is 63.1 Å². The van der Waals surface area contributed by atoms with E-state index in [1.54, 1.807) is 4.90 Å². The Hall–Kier alpha value is -4.11. The van der Waals surface area contributed by atoms with Gasteiger partial charge in [-0.25, -0.2) is 13.8 Å². The molecule has 9 nitrogen and oxygen atoms in total. The normalized spacial score (nSPS) is 19.8. The van der Waals surface area contributed by atoms with E-state index in [0.717, 1.165) is 0 Å². The highest BCUT2D eigenvalue weighted by Gasteiger charge is 2.37. The highest BCUT2D eigenvalue weighted by molar-refractivity contribution is 6.43. The first-order valence-corrected chi connectivity index (χ1v) is 16.3. The number of rotatable bonds is 5. The predicted molar refractivity (Wildman–Crippen MR) is 185 cm³/mol. The lowest BCUT2D eigenvalue weighted by Crippen LogP contribution is -2.58. The number of phenols is 1. The van der Waals surface area contributed by atoms with Crippen molar-refractivity contribution in [2.75, 3.05) is 25.0 Å². The second-order valence-corrected chi connectivity index (χ2v) is 13.6. The number of likely N-dealkylation sites (N-methyl/N-ethyl adjacent to an activating group) is 1. The number of aromatic hydroxyl groups is 1. The molecule has 0 saturated carbocycles. The minimum atomic E-state index is -1.44. The van der Waals surface area contributed by atoms with Crippen LogP contribution in [0.4, 0.5) is 14.5 Å². The maximum atomic E-state index is 15.6. The molecular formula is C34H33Cl3F2N6O3. The molecule has 1 fully saturated rings. The Morgan fingerprint density at radius 3 is 2.35 bits per heavy atom. The Morgan fingerprint density at radius 2 is 1.79 bits per heavy atom. The largest absolute Gasteiger partial charge is 0.504 e. The van der Waals surface area contributed by atoms with Gasteiger partial charge in [0.2, 0.25) is 5.91 Å². The van der Waals surface area contributed by atoms with Crippen molar-refractivity contribution in [1.82, 2.24) is 19.4 Å². The topological polar surface area (TPSA) is 106 Å². The van der Waals surface area contributed by atoms with E-state index in [1.165, 1.54) is 16.7 Å². The molecule has 0 unspecified atom stereocenters. The number of benzene rings is 1. The van der Waals surface area contributed by atoms with Crippen LogP contribution in [-0.2, 0) is 4.79 Å². The van der Waals surface area contributed by atoms with Crippen LogP contribution in [-0.4, -0.2) is 68.6 Å². The van der Waals surface area contributed by atoms with E-state index in [0.29, 0.717) is 11.3 Å². The number of pyridine rings is 2. The molecule has 14 heteroatoms. The summed E-state index contributed by atoms with van der Waals surface area (Å²) in [5, 5.41) is 19.5. The number of nitriles is 1. The summed E-state index contributed by atoms with van der Waals surface area (Å²) in [6.07, 6.45) is 4.93. The average Bonchev–Trinajstić information content (AvgIpc) is 3.03. The van der Waals surface area contributed by atoms with Gasteiger partial charge in [-0.15, -0.1) is 0 Å². The number of aromatic nitrogens is 2. The standard InChI is InChI=1S/C34H33Cl3F2N6O3/c1-8-22(46)44-17(5)13-43(14-18(44)6)31-19-11-21(35)28(23-26(38)24(36)25(37)32(47)27(23)39)41-33(19)45(34(48)20(31)12-40)30-16(4)9-10-42(7)29(30)15(2)3/h8-11,15,17-18,29,47H,1,13-14H2,2-7H3/t17-,18+,29-/m1/s1. The molecule has 0 bridgehead atoms. The minimum Gasteiger partial charge on any atom is -0.504 e.